The highest BCUT2D eigenvalue weighted by Gasteiger charge is 2.13. The van der Waals surface area contributed by atoms with Gasteiger partial charge in [-0.25, -0.2) is 0 Å². The quantitative estimate of drug-likeness (QED) is 0.0539. The number of allylic oxidation sites excluding steroid dienone is 8. The van der Waals surface area contributed by atoms with Crippen molar-refractivity contribution in [3.05, 3.63) is 48.6 Å². The molecule has 0 bridgehead atoms. The normalized spacial score (nSPS) is 13.0. The Bertz CT molecular complexity index is 635. The summed E-state index contributed by atoms with van der Waals surface area (Å²) in [5.41, 5.74) is 0. The van der Waals surface area contributed by atoms with E-state index >= 15 is 0 Å². The molecule has 0 aromatic heterocycles. The van der Waals surface area contributed by atoms with E-state index in [2.05, 4.69) is 62.5 Å². The number of aliphatic hydroxyl groups excluding tert-OH is 1. The van der Waals surface area contributed by atoms with Crippen molar-refractivity contribution in [2.75, 3.05) is 19.8 Å². The second-order valence-electron chi connectivity index (χ2n) is 10.9. The van der Waals surface area contributed by atoms with Gasteiger partial charge in [-0.2, -0.15) is 0 Å². The first-order chi connectivity index (χ1) is 19.7. The molecule has 0 rings (SSSR count). The summed E-state index contributed by atoms with van der Waals surface area (Å²) in [6, 6.07) is 0. The number of aliphatic hydroxyl groups is 1. The maximum atomic E-state index is 12.1. The first-order valence-electron chi connectivity index (χ1n) is 16.7. The number of carbonyl (C=O) groups excluding carboxylic acids is 1. The number of hydrogen-bond donors (Lipinski definition) is 1. The van der Waals surface area contributed by atoms with Crippen LogP contribution in [0.2, 0.25) is 0 Å². The Balaban J connectivity index is 3.51. The highest BCUT2D eigenvalue weighted by atomic mass is 16.6. The molecule has 0 heterocycles. The van der Waals surface area contributed by atoms with Gasteiger partial charge in [0, 0.05) is 13.0 Å². The second kappa shape index (κ2) is 33.6. The summed E-state index contributed by atoms with van der Waals surface area (Å²) >= 11 is 0. The summed E-state index contributed by atoms with van der Waals surface area (Å²) in [7, 11) is 0. The lowest BCUT2D eigenvalue weighted by atomic mass is 10.1. The van der Waals surface area contributed by atoms with Crippen LogP contribution in [0.15, 0.2) is 48.6 Å². The Morgan fingerprint density at radius 2 is 1.12 bits per heavy atom. The standard InChI is InChI=1S/C36H64O4/c1-3-5-7-9-11-13-15-16-17-18-19-20-21-22-24-26-28-30-32-39-34-35(33-37)40-36(38)31-29-27-25-23-14-12-10-8-6-4-2/h5,7,11,13,16-17,19-20,35,37H,3-4,6,8-10,12,14-15,18,21-34H2,1-2H3/b7-5-,13-11-,17-16-,20-19-. The molecule has 0 saturated carbocycles. The lowest BCUT2D eigenvalue weighted by molar-refractivity contribution is -0.154. The Kier molecular flexibility index (Phi) is 32.2. The van der Waals surface area contributed by atoms with Crippen molar-refractivity contribution in [2.24, 2.45) is 0 Å². The molecule has 4 heteroatoms. The molecule has 0 aliphatic carbocycles. The summed E-state index contributed by atoms with van der Waals surface area (Å²) in [6.07, 6.45) is 41.4. The summed E-state index contributed by atoms with van der Waals surface area (Å²) in [4.78, 5) is 12.1. The van der Waals surface area contributed by atoms with E-state index in [1.54, 1.807) is 0 Å². The lowest BCUT2D eigenvalue weighted by Gasteiger charge is -2.15. The number of hydrogen-bond acceptors (Lipinski definition) is 4. The lowest BCUT2D eigenvalue weighted by Crippen LogP contribution is -2.27. The van der Waals surface area contributed by atoms with Gasteiger partial charge in [0.05, 0.1) is 13.2 Å². The molecule has 40 heavy (non-hydrogen) atoms. The second-order valence-corrected chi connectivity index (χ2v) is 10.9. The SMILES string of the molecule is CC/C=C\C/C=C\C/C=C\C/C=C\CCCCCCCOCC(CO)OC(=O)CCCCCCCCCCCC. The van der Waals surface area contributed by atoms with Crippen LogP contribution in [0.3, 0.4) is 0 Å². The first kappa shape index (κ1) is 38.4. The van der Waals surface area contributed by atoms with Crippen molar-refractivity contribution in [1.29, 1.82) is 0 Å². The van der Waals surface area contributed by atoms with E-state index in [4.69, 9.17) is 9.47 Å². The van der Waals surface area contributed by atoms with Gasteiger partial charge in [0.1, 0.15) is 6.10 Å². The number of unbranched alkanes of at least 4 members (excludes halogenated alkanes) is 14. The zero-order chi connectivity index (χ0) is 29.2. The van der Waals surface area contributed by atoms with Crippen LogP contribution in [-0.2, 0) is 14.3 Å². The van der Waals surface area contributed by atoms with Gasteiger partial charge in [-0.05, 0) is 51.4 Å². The van der Waals surface area contributed by atoms with Crippen LogP contribution in [0.1, 0.15) is 149 Å². The molecular weight excluding hydrogens is 496 g/mol. The van der Waals surface area contributed by atoms with Crippen LogP contribution in [0.4, 0.5) is 0 Å². The molecule has 0 saturated heterocycles. The molecule has 4 nitrogen and oxygen atoms in total. The average Bonchev–Trinajstić information content (AvgIpc) is 2.96. The molecule has 0 aliphatic rings. The molecule has 0 spiro atoms. The third-order valence-corrected chi connectivity index (χ3v) is 6.92. The molecule has 1 atom stereocenters. The Morgan fingerprint density at radius 1 is 0.625 bits per heavy atom. The van der Waals surface area contributed by atoms with Crippen molar-refractivity contribution in [3.8, 4) is 0 Å². The summed E-state index contributed by atoms with van der Waals surface area (Å²) in [6.45, 7) is 5.17. The maximum absolute atomic E-state index is 12.1. The zero-order valence-corrected chi connectivity index (χ0v) is 26.3. The van der Waals surface area contributed by atoms with Gasteiger partial charge >= 0.3 is 5.97 Å². The Morgan fingerprint density at radius 3 is 1.70 bits per heavy atom. The minimum absolute atomic E-state index is 0.179. The van der Waals surface area contributed by atoms with E-state index in [9.17, 15) is 9.90 Å². The highest BCUT2D eigenvalue weighted by Crippen LogP contribution is 2.12. The third kappa shape index (κ3) is 30.9. The van der Waals surface area contributed by atoms with E-state index in [1.807, 2.05) is 0 Å². The number of esters is 1. The molecular formula is C36H64O4. The van der Waals surface area contributed by atoms with Crippen LogP contribution < -0.4 is 0 Å². The van der Waals surface area contributed by atoms with Crippen LogP contribution >= 0.6 is 0 Å². The smallest absolute Gasteiger partial charge is 0.306 e. The summed E-state index contributed by atoms with van der Waals surface area (Å²) in [5, 5.41) is 9.51. The molecule has 0 amide bonds. The van der Waals surface area contributed by atoms with Crippen molar-refractivity contribution in [1.82, 2.24) is 0 Å². The topological polar surface area (TPSA) is 55.8 Å². The summed E-state index contributed by atoms with van der Waals surface area (Å²) in [5.74, 6) is -0.213. The predicted molar refractivity (Wildman–Crippen MR) is 173 cm³/mol. The molecule has 232 valence electrons. The van der Waals surface area contributed by atoms with Gasteiger partial charge in [-0.15, -0.1) is 0 Å². The molecule has 0 radical (unpaired) electrons. The number of ether oxygens (including phenoxy) is 2. The van der Waals surface area contributed by atoms with Gasteiger partial charge < -0.3 is 14.6 Å². The van der Waals surface area contributed by atoms with E-state index < -0.39 is 6.10 Å². The molecule has 0 aromatic rings. The highest BCUT2D eigenvalue weighted by molar-refractivity contribution is 5.69. The van der Waals surface area contributed by atoms with Gasteiger partial charge in [0.15, 0.2) is 0 Å². The first-order valence-corrected chi connectivity index (χ1v) is 16.7. The van der Waals surface area contributed by atoms with E-state index in [1.165, 1.54) is 70.6 Å². The maximum Gasteiger partial charge on any atom is 0.306 e. The van der Waals surface area contributed by atoms with Crippen LogP contribution in [-0.4, -0.2) is 37.0 Å². The monoisotopic (exact) mass is 560 g/mol. The third-order valence-electron chi connectivity index (χ3n) is 6.92. The van der Waals surface area contributed by atoms with Crippen molar-refractivity contribution in [2.45, 2.75) is 155 Å². The van der Waals surface area contributed by atoms with E-state index in [0.29, 0.717) is 13.0 Å². The van der Waals surface area contributed by atoms with Crippen molar-refractivity contribution >= 4 is 5.97 Å². The van der Waals surface area contributed by atoms with Crippen LogP contribution in [0.25, 0.3) is 0 Å². The van der Waals surface area contributed by atoms with Gasteiger partial charge in [-0.1, -0.05) is 140 Å². The van der Waals surface area contributed by atoms with Gasteiger partial charge in [0.2, 0.25) is 0 Å². The van der Waals surface area contributed by atoms with Crippen LogP contribution in [0, 0.1) is 0 Å². The largest absolute Gasteiger partial charge is 0.457 e. The van der Waals surface area contributed by atoms with Gasteiger partial charge in [0.25, 0.3) is 0 Å². The fourth-order valence-electron chi connectivity index (χ4n) is 4.43. The summed E-state index contributed by atoms with van der Waals surface area (Å²) < 4.78 is 11.1. The van der Waals surface area contributed by atoms with Gasteiger partial charge in [-0.3, -0.25) is 4.79 Å². The average molecular weight is 561 g/mol. The molecule has 0 aromatic carbocycles. The van der Waals surface area contributed by atoms with Crippen molar-refractivity contribution in [3.63, 3.8) is 0 Å². The van der Waals surface area contributed by atoms with Crippen LogP contribution in [0.5, 0.6) is 0 Å². The van der Waals surface area contributed by atoms with Crippen molar-refractivity contribution < 1.29 is 19.4 Å². The molecule has 0 fully saturated rings. The van der Waals surface area contributed by atoms with E-state index in [-0.39, 0.29) is 19.2 Å². The Hall–Kier alpha value is -1.65. The molecule has 1 unspecified atom stereocenters. The van der Waals surface area contributed by atoms with E-state index in [0.717, 1.165) is 57.8 Å². The Labute approximate surface area is 248 Å². The fourth-order valence-corrected chi connectivity index (χ4v) is 4.43. The number of carbonyl (C=O) groups is 1. The minimum Gasteiger partial charge on any atom is -0.457 e. The zero-order valence-electron chi connectivity index (χ0n) is 26.3. The minimum atomic E-state index is -0.540. The molecule has 0 aliphatic heterocycles. The molecule has 1 N–H and O–H groups in total. The predicted octanol–water partition coefficient (Wildman–Crippen LogP) is 10.4. The fraction of sp³-hybridized carbons (Fsp3) is 0.750. The number of rotatable bonds is 30.